The maximum absolute atomic E-state index is 5.35. The van der Waals surface area contributed by atoms with E-state index in [1.807, 2.05) is 24.0 Å². The molecule has 0 saturated heterocycles. The van der Waals surface area contributed by atoms with Gasteiger partial charge in [0.1, 0.15) is 5.76 Å². The molecule has 2 rings (SSSR count). The van der Waals surface area contributed by atoms with E-state index >= 15 is 0 Å². The van der Waals surface area contributed by atoms with Crippen molar-refractivity contribution in [1.82, 2.24) is 20.1 Å². The first kappa shape index (κ1) is 10.9. The van der Waals surface area contributed by atoms with Gasteiger partial charge in [-0.05, 0) is 13.8 Å². The molecule has 0 unspecified atom stereocenters. The van der Waals surface area contributed by atoms with Gasteiger partial charge in [-0.25, -0.2) is 4.98 Å². The Bertz CT molecular complexity index is 446. The fourth-order valence-corrected chi connectivity index (χ4v) is 1.47. The molecule has 0 aliphatic rings. The van der Waals surface area contributed by atoms with Gasteiger partial charge in [0.25, 0.3) is 0 Å². The molecule has 0 aliphatic carbocycles. The first-order chi connectivity index (χ1) is 7.78. The molecule has 5 nitrogen and oxygen atoms in total. The van der Waals surface area contributed by atoms with Gasteiger partial charge in [0, 0.05) is 24.8 Å². The summed E-state index contributed by atoms with van der Waals surface area (Å²) in [4.78, 5) is 4.12. The molecule has 0 spiro atoms. The molecule has 0 aliphatic heterocycles. The molecule has 2 aromatic heterocycles. The minimum absolute atomic E-state index is 0.644. The van der Waals surface area contributed by atoms with Crippen LogP contribution >= 0.6 is 0 Å². The maximum Gasteiger partial charge on any atom is 0.208 e. The third-order valence-electron chi connectivity index (χ3n) is 2.29. The normalized spacial score (nSPS) is 10.9. The first-order valence-corrected chi connectivity index (χ1v) is 5.41. The van der Waals surface area contributed by atoms with E-state index in [0.29, 0.717) is 6.54 Å². The van der Waals surface area contributed by atoms with Crippen molar-refractivity contribution in [2.75, 3.05) is 0 Å². The lowest BCUT2D eigenvalue weighted by Crippen LogP contribution is -2.12. The van der Waals surface area contributed by atoms with Crippen molar-refractivity contribution in [1.29, 1.82) is 0 Å². The maximum atomic E-state index is 5.35. The first-order valence-electron chi connectivity index (χ1n) is 5.41. The number of nitrogens with zero attached hydrogens (tertiary/aromatic N) is 3. The van der Waals surface area contributed by atoms with Crippen LogP contribution < -0.4 is 5.32 Å². The zero-order chi connectivity index (χ0) is 11.4. The summed E-state index contributed by atoms with van der Waals surface area (Å²) in [5, 5.41) is 7.46. The zero-order valence-corrected chi connectivity index (χ0v) is 9.60. The summed E-state index contributed by atoms with van der Waals surface area (Å²) in [6.07, 6.45) is 5.64. The highest BCUT2D eigenvalue weighted by Gasteiger charge is 2.01. The molecule has 0 amide bonds. The van der Waals surface area contributed by atoms with Crippen molar-refractivity contribution in [2.45, 2.75) is 33.5 Å². The Morgan fingerprint density at radius 1 is 1.38 bits per heavy atom. The highest BCUT2D eigenvalue weighted by molar-refractivity contribution is 5.03. The lowest BCUT2D eigenvalue weighted by molar-refractivity contribution is 0.449. The van der Waals surface area contributed by atoms with Gasteiger partial charge in [-0.15, -0.1) is 0 Å². The third kappa shape index (κ3) is 2.70. The van der Waals surface area contributed by atoms with Crippen LogP contribution in [-0.2, 0) is 19.6 Å². The zero-order valence-electron chi connectivity index (χ0n) is 9.60. The fraction of sp³-hybridized carbons (Fsp3) is 0.455. The average molecular weight is 220 g/mol. The molecule has 0 fully saturated rings. The molecule has 1 N–H and O–H groups in total. The highest BCUT2D eigenvalue weighted by atomic mass is 16.4. The van der Waals surface area contributed by atoms with Gasteiger partial charge in [-0.2, -0.15) is 5.10 Å². The van der Waals surface area contributed by atoms with Crippen LogP contribution in [0.15, 0.2) is 23.0 Å². The van der Waals surface area contributed by atoms with Gasteiger partial charge in [0.05, 0.1) is 18.9 Å². The Labute approximate surface area is 94.5 Å². The van der Waals surface area contributed by atoms with Crippen molar-refractivity contribution in [3.05, 3.63) is 35.8 Å². The third-order valence-corrected chi connectivity index (χ3v) is 2.29. The van der Waals surface area contributed by atoms with Gasteiger partial charge in [-0.3, -0.25) is 4.68 Å². The van der Waals surface area contributed by atoms with Crippen molar-refractivity contribution in [3.63, 3.8) is 0 Å². The van der Waals surface area contributed by atoms with Gasteiger partial charge >= 0.3 is 0 Å². The summed E-state index contributed by atoms with van der Waals surface area (Å²) in [5.41, 5.74) is 1.17. The van der Waals surface area contributed by atoms with Crippen LogP contribution in [0.5, 0.6) is 0 Å². The van der Waals surface area contributed by atoms with Gasteiger partial charge in [0.2, 0.25) is 5.89 Å². The van der Waals surface area contributed by atoms with E-state index in [2.05, 4.69) is 22.3 Å². The van der Waals surface area contributed by atoms with Crippen LogP contribution in [0.2, 0.25) is 0 Å². The van der Waals surface area contributed by atoms with E-state index in [1.165, 1.54) is 5.56 Å². The monoisotopic (exact) mass is 220 g/mol. The number of oxazole rings is 1. The molecule has 0 bridgehead atoms. The van der Waals surface area contributed by atoms with E-state index in [-0.39, 0.29) is 0 Å². The largest absolute Gasteiger partial charge is 0.445 e. The minimum atomic E-state index is 0.644. The lowest BCUT2D eigenvalue weighted by Gasteiger charge is -1.98. The molecule has 0 saturated carbocycles. The summed E-state index contributed by atoms with van der Waals surface area (Å²) in [7, 11) is 0. The molecule has 2 heterocycles. The summed E-state index contributed by atoms with van der Waals surface area (Å²) in [5.74, 6) is 1.57. The minimum Gasteiger partial charge on any atom is -0.445 e. The number of aromatic nitrogens is 3. The number of hydrogen-bond donors (Lipinski definition) is 1. The van der Waals surface area contributed by atoms with E-state index in [9.17, 15) is 0 Å². The van der Waals surface area contributed by atoms with Crippen LogP contribution in [0.3, 0.4) is 0 Å². The molecule has 2 aromatic rings. The fourth-order valence-electron chi connectivity index (χ4n) is 1.47. The van der Waals surface area contributed by atoms with Crippen molar-refractivity contribution < 1.29 is 4.42 Å². The Hall–Kier alpha value is -1.62. The van der Waals surface area contributed by atoms with Gasteiger partial charge < -0.3 is 9.73 Å². The number of rotatable bonds is 5. The quantitative estimate of drug-likeness (QED) is 0.829. The standard InChI is InChI=1S/C11H16N4O/c1-3-15-8-10(6-14-15)5-12-7-11-13-4-9(2)16-11/h4,6,8,12H,3,5,7H2,1-2H3. The Morgan fingerprint density at radius 3 is 2.88 bits per heavy atom. The van der Waals surface area contributed by atoms with Crippen molar-refractivity contribution in [3.8, 4) is 0 Å². The molecule has 5 heteroatoms. The highest BCUT2D eigenvalue weighted by Crippen LogP contribution is 2.02. The second-order valence-corrected chi connectivity index (χ2v) is 3.67. The molecule has 0 radical (unpaired) electrons. The van der Waals surface area contributed by atoms with Crippen LogP contribution in [0.4, 0.5) is 0 Å². The second-order valence-electron chi connectivity index (χ2n) is 3.67. The predicted octanol–water partition coefficient (Wildman–Crippen LogP) is 1.49. The molecular formula is C11H16N4O. The molecule has 0 aromatic carbocycles. The smallest absolute Gasteiger partial charge is 0.208 e. The average Bonchev–Trinajstić information content (AvgIpc) is 2.88. The Morgan fingerprint density at radius 2 is 2.25 bits per heavy atom. The van der Waals surface area contributed by atoms with Gasteiger partial charge in [-0.1, -0.05) is 0 Å². The van der Waals surface area contributed by atoms with Gasteiger partial charge in [0.15, 0.2) is 0 Å². The van der Waals surface area contributed by atoms with Crippen LogP contribution in [0.1, 0.15) is 24.1 Å². The number of hydrogen-bond acceptors (Lipinski definition) is 4. The van der Waals surface area contributed by atoms with E-state index in [4.69, 9.17) is 4.42 Å². The van der Waals surface area contributed by atoms with Crippen molar-refractivity contribution >= 4 is 0 Å². The summed E-state index contributed by atoms with van der Waals surface area (Å²) >= 11 is 0. The van der Waals surface area contributed by atoms with Crippen LogP contribution in [0.25, 0.3) is 0 Å². The Kier molecular flexibility index (Phi) is 3.36. The Balaban J connectivity index is 1.79. The molecule has 0 atom stereocenters. The molecule has 86 valence electrons. The molecule has 16 heavy (non-hydrogen) atoms. The lowest BCUT2D eigenvalue weighted by atomic mass is 10.3. The van der Waals surface area contributed by atoms with E-state index in [1.54, 1.807) is 6.20 Å². The number of aryl methyl sites for hydroxylation is 2. The van der Waals surface area contributed by atoms with Crippen LogP contribution in [0, 0.1) is 6.92 Å². The van der Waals surface area contributed by atoms with Crippen LogP contribution in [-0.4, -0.2) is 14.8 Å². The SMILES string of the molecule is CCn1cc(CNCc2ncc(C)o2)cn1. The summed E-state index contributed by atoms with van der Waals surface area (Å²) in [6, 6.07) is 0. The van der Waals surface area contributed by atoms with E-state index in [0.717, 1.165) is 24.7 Å². The van der Waals surface area contributed by atoms with Crippen molar-refractivity contribution in [2.24, 2.45) is 0 Å². The number of nitrogens with one attached hydrogen (secondary N) is 1. The molecular weight excluding hydrogens is 204 g/mol. The summed E-state index contributed by atoms with van der Waals surface area (Å²) < 4.78 is 7.26. The topological polar surface area (TPSA) is 55.9 Å². The summed E-state index contributed by atoms with van der Waals surface area (Å²) in [6.45, 7) is 6.28. The second kappa shape index (κ2) is 4.94. The predicted molar refractivity (Wildman–Crippen MR) is 59.7 cm³/mol. The van der Waals surface area contributed by atoms with E-state index < -0.39 is 0 Å².